The lowest BCUT2D eigenvalue weighted by Crippen LogP contribution is -2.64. The van der Waals surface area contributed by atoms with Crippen molar-refractivity contribution < 1.29 is 9.13 Å². The topological polar surface area (TPSA) is 24.5 Å². The summed E-state index contributed by atoms with van der Waals surface area (Å²) in [6.45, 7) is 5.02. The van der Waals surface area contributed by atoms with E-state index in [1.165, 1.54) is 12.1 Å². The molecule has 0 aliphatic carbocycles. The molecule has 1 aromatic rings. The number of nitrogens with zero attached hydrogens (tertiary/aromatic N) is 1. The number of benzene rings is 1. The Balaban J connectivity index is 2.03. The lowest BCUT2D eigenvalue weighted by molar-refractivity contribution is -0.0681. The van der Waals surface area contributed by atoms with Crippen LogP contribution in [-0.4, -0.2) is 22.3 Å². The third-order valence-electron chi connectivity index (χ3n) is 3.82. The van der Waals surface area contributed by atoms with Crippen molar-refractivity contribution in [3.63, 3.8) is 0 Å². The van der Waals surface area contributed by atoms with Crippen LogP contribution in [0, 0.1) is 5.82 Å². The first-order valence-electron chi connectivity index (χ1n) is 6.60. The second kappa shape index (κ2) is 4.34. The van der Waals surface area contributed by atoms with E-state index >= 15 is 0 Å². The molecule has 3 nitrogen and oxygen atoms in total. The van der Waals surface area contributed by atoms with Gasteiger partial charge in [-0.25, -0.2) is 4.39 Å². The van der Waals surface area contributed by atoms with Gasteiger partial charge in [0.05, 0.1) is 6.04 Å². The highest BCUT2D eigenvalue weighted by molar-refractivity contribution is 7.80. The second-order valence-electron chi connectivity index (χ2n) is 5.32. The zero-order valence-electron chi connectivity index (χ0n) is 11.1. The minimum Gasteiger partial charge on any atom is -0.468 e. The molecule has 3 rings (SSSR count). The molecule has 2 aliphatic rings. The molecular weight excluding hydrogens is 263 g/mol. The molecule has 2 bridgehead atoms. The van der Waals surface area contributed by atoms with Gasteiger partial charge in [0.1, 0.15) is 11.6 Å². The van der Waals surface area contributed by atoms with E-state index in [2.05, 4.69) is 24.1 Å². The monoisotopic (exact) mass is 280 g/mol. The van der Waals surface area contributed by atoms with Crippen molar-refractivity contribution in [2.24, 2.45) is 0 Å². The molecule has 19 heavy (non-hydrogen) atoms. The summed E-state index contributed by atoms with van der Waals surface area (Å²) in [6.07, 6.45) is 1.77. The fourth-order valence-electron chi connectivity index (χ4n) is 2.95. The van der Waals surface area contributed by atoms with Gasteiger partial charge in [0.2, 0.25) is 0 Å². The van der Waals surface area contributed by atoms with Gasteiger partial charge in [0.15, 0.2) is 10.8 Å². The van der Waals surface area contributed by atoms with E-state index < -0.39 is 5.72 Å². The van der Waals surface area contributed by atoms with Gasteiger partial charge in [0, 0.05) is 18.5 Å². The molecule has 0 saturated carbocycles. The van der Waals surface area contributed by atoms with Crippen LogP contribution in [-0.2, 0) is 0 Å². The summed E-state index contributed by atoms with van der Waals surface area (Å²) in [5.41, 5.74) is 0.421. The Morgan fingerprint density at radius 2 is 2.37 bits per heavy atom. The van der Waals surface area contributed by atoms with Gasteiger partial charge in [-0.15, -0.1) is 0 Å². The van der Waals surface area contributed by atoms with Crippen LogP contribution < -0.4 is 10.1 Å². The van der Waals surface area contributed by atoms with Crippen molar-refractivity contribution in [3.8, 4) is 5.75 Å². The van der Waals surface area contributed by atoms with Crippen molar-refractivity contribution in [1.29, 1.82) is 0 Å². The van der Waals surface area contributed by atoms with E-state index in [1.807, 2.05) is 0 Å². The van der Waals surface area contributed by atoms with Crippen LogP contribution in [0.2, 0.25) is 0 Å². The first-order valence-corrected chi connectivity index (χ1v) is 7.01. The molecule has 2 atom stereocenters. The van der Waals surface area contributed by atoms with E-state index in [4.69, 9.17) is 17.0 Å². The molecule has 0 spiro atoms. The van der Waals surface area contributed by atoms with E-state index in [0.29, 0.717) is 5.11 Å². The van der Waals surface area contributed by atoms with Crippen molar-refractivity contribution in [1.82, 2.24) is 10.2 Å². The van der Waals surface area contributed by atoms with E-state index in [0.717, 1.165) is 30.7 Å². The molecule has 2 aliphatic heterocycles. The Kier molecular flexibility index (Phi) is 2.89. The maximum Gasteiger partial charge on any atom is 0.184 e. The first-order chi connectivity index (χ1) is 9.03. The fourth-order valence-corrected chi connectivity index (χ4v) is 3.38. The number of hydrogen-bond acceptors (Lipinski definition) is 2. The molecule has 2 heterocycles. The third-order valence-corrected chi connectivity index (χ3v) is 4.16. The van der Waals surface area contributed by atoms with Gasteiger partial charge in [-0.05, 0) is 43.8 Å². The zero-order valence-corrected chi connectivity index (χ0v) is 11.9. The number of fused-ring (bicyclic) bond motifs is 4. The van der Waals surface area contributed by atoms with Crippen LogP contribution in [0.25, 0.3) is 0 Å². The Morgan fingerprint density at radius 1 is 1.58 bits per heavy atom. The van der Waals surface area contributed by atoms with E-state index in [-0.39, 0.29) is 11.9 Å². The van der Waals surface area contributed by atoms with Crippen LogP contribution in [0.4, 0.5) is 4.39 Å². The molecule has 5 heteroatoms. The SMILES string of the molecule is CCCN1C(=S)NC2CC1(C)Oc1ccc(F)cc12. The predicted molar refractivity (Wildman–Crippen MR) is 75.5 cm³/mol. The standard InChI is InChI=1S/C14H17FN2OS/c1-3-6-17-13(19)16-11-8-14(17,2)18-12-5-4-9(15)7-10(11)12/h4-5,7,11H,3,6,8H2,1-2H3,(H,16,19). The summed E-state index contributed by atoms with van der Waals surface area (Å²) < 4.78 is 19.5. The van der Waals surface area contributed by atoms with Crippen LogP contribution in [0.15, 0.2) is 18.2 Å². The van der Waals surface area contributed by atoms with Gasteiger partial charge in [-0.2, -0.15) is 0 Å². The van der Waals surface area contributed by atoms with Crippen molar-refractivity contribution in [2.45, 2.75) is 38.5 Å². The van der Waals surface area contributed by atoms with Gasteiger partial charge in [-0.1, -0.05) is 6.92 Å². The average molecular weight is 280 g/mol. The van der Waals surface area contributed by atoms with Gasteiger partial charge in [-0.3, -0.25) is 0 Å². The lowest BCUT2D eigenvalue weighted by Gasteiger charge is -2.52. The highest BCUT2D eigenvalue weighted by Gasteiger charge is 2.47. The van der Waals surface area contributed by atoms with Crippen LogP contribution in [0.5, 0.6) is 5.75 Å². The highest BCUT2D eigenvalue weighted by Crippen LogP contribution is 2.44. The van der Waals surface area contributed by atoms with Crippen molar-refractivity contribution in [3.05, 3.63) is 29.6 Å². The number of rotatable bonds is 2. The Bertz CT molecular complexity index is 536. The smallest absolute Gasteiger partial charge is 0.184 e. The quantitative estimate of drug-likeness (QED) is 0.842. The number of thiocarbonyl (C=S) groups is 1. The predicted octanol–water partition coefficient (Wildman–Crippen LogP) is 2.97. The molecular formula is C14H17FN2OS. The summed E-state index contributed by atoms with van der Waals surface area (Å²) >= 11 is 5.42. The molecule has 1 aromatic carbocycles. The molecule has 0 amide bonds. The number of hydrogen-bond donors (Lipinski definition) is 1. The maximum absolute atomic E-state index is 13.4. The van der Waals surface area contributed by atoms with Crippen LogP contribution in [0.1, 0.15) is 38.3 Å². The molecule has 1 saturated heterocycles. The molecule has 0 aromatic heterocycles. The molecule has 102 valence electrons. The molecule has 2 unspecified atom stereocenters. The minimum atomic E-state index is -0.437. The van der Waals surface area contributed by atoms with Crippen LogP contribution >= 0.6 is 12.2 Å². The summed E-state index contributed by atoms with van der Waals surface area (Å²) in [7, 11) is 0. The van der Waals surface area contributed by atoms with Crippen LogP contribution in [0.3, 0.4) is 0 Å². The summed E-state index contributed by atoms with van der Waals surface area (Å²) in [4.78, 5) is 2.09. The van der Waals surface area contributed by atoms with E-state index in [1.54, 1.807) is 6.07 Å². The molecule has 1 fully saturated rings. The summed E-state index contributed by atoms with van der Waals surface area (Å²) in [6, 6.07) is 4.70. The zero-order chi connectivity index (χ0) is 13.6. The van der Waals surface area contributed by atoms with Gasteiger partial charge < -0.3 is 15.0 Å². The minimum absolute atomic E-state index is 0.0325. The maximum atomic E-state index is 13.4. The van der Waals surface area contributed by atoms with Crippen molar-refractivity contribution >= 4 is 17.3 Å². The highest BCUT2D eigenvalue weighted by atomic mass is 32.1. The fraction of sp³-hybridized carbons (Fsp3) is 0.500. The summed E-state index contributed by atoms with van der Waals surface area (Å²) in [5, 5.41) is 3.99. The van der Waals surface area contributed by atoms with Crippen molar-refractivity contribution in [2.75, 3.05) is 6.54 Å². The Morgan fingerprint density at radius 3 is 3.11 bits per heavy atom. The van der Waals surface area contributed by atoms with Gasteiger partial charge >= 0.3 is 0 Å². The summed E-state index contributed by atoms with van der Waals surface area (Å²) in [5.74, 6) is 0.505. The normalized spacial score (nSPS) is 28.5. The number of nitrogens with one attached hydrogen (secondary N) is 1. The van der Waals surface area contributed by atoms with Gasteiger partial charge in [0.25, 0.3) is 0 Å². The largest absolute Gasteiger partial charge is 0.468 e. The van der Waals surface area contributed by atoms with E-state index in [9.17, 15) is 4.39 Å². The Labute approximate surface area is 117 Å². The third kappa shape index (κ3) is 1.96. The average Bonchev–Trinajstić information content (AvgIpc) is 2.35. The Hall–Kier alpha value is -1.36. The molecule has 1 N–H and O–H groups in total. The number of ether oxygens (including phenoxy) is 1. The second-order valence-corrected chi connectivity index (χ2v) is 5.70. The number of halogens is 1. The first kappa shape index (κ1) is 12.7. The lowest BCUT2D eigenvalue weighted by atomic mass is 9.90. The molecule has 0 radical (unpaired) electrons.